The van der Waals surface area contributed by atoms with Gasteiger partial charge in [0, 0.05) is 18.8 Å². The van der Waals surface area contributed by atoms with E-state index in [9.17, 15) is 8.42 Å². The highest BCUT2D eigenvalue weighted by Crippen LogP contribution is 2.15. The Morgan fingerprint density at radius 1 is 1.46 bits per heavy atom. The first kappa shape index (κ1) is 13.3. The Morgan fingerprint density at radius 3 is 2.15 bits per heavy atom. The fourth-order valence-corrected chi connectivity index (χ4v) is 1.86. The first-order valence-electron chi connectivity index (χ1n) is 4.38. The van der Waals surface area contributed by atoms with Gasteiger partial charge in [0.1, 0.15) is 0 Å². The van der Waals surface area contributed by atoms with Gasteiger partial charge in [0.15, 0.2) is 0 Å². The van der Waals surface area contributed by atoms with E-state index < -0.39 is 10.0 Å². The molecular formula is C8H19NO2S2. The highest BCUT2D eigenvalue weighted by atomic mass is 32.2. The van der Waals surface area contributed by atoms with E-state index in [-0.39, 0.29) is 5.25 Å². The molecule has 0 amide bonds. The lowest BCUT2D eigenvalue weighted by Gasteiger charge is -2.23. The molecule has 0 saturated carbocycles. The van der Waals surface area contributed by atoms with E-state index in [2.05, 4.69) is 12.6 Å². The molecule has 0 fully saturated rings. The lowest BCUT2D eigenvalue weighted by Crippen LogP contribution is -2.33. The van der Waals surface area contributed by atoms with Gasteiger partial charge in [0.25, 0.3) is 0 Å². The van der Waals surface area contributed by atoms with Crippen LogP contribution in [0.2, 0.25) is 0 Å². The van der Waals surface area contributed by atoms with Gasteiger partial charge in [-0.2, -0.15) is 12.6 Å². The third kappa shape index (κ3) is 4.88. The second-order valence-corrected chi connectivity index (χ2v) is 6.36. The maximum atomic E-state index is 11.1. The largest absolute Gasteiger partial charge is 0.213 e. The highest BCUT2D eigenvalue weighted by Gasteiger charge is 2.18. The standard InChI is InChI=1S/C8H19NO2S2/c1-5-8(7(2)12)6-9(3)13(4,10)11/h7-8,12H,5-6H2,1-4H3. The van der Waals surface area contributed by atoms with Crippen molar-refractivity contribution in [2.75, 3.05) is 19.8 Å². The van der Waals surface area contributed by atoms with Gasteiger partial charge in [-0.3, -0.25) is 0 Å². The third-order valence-corrected chi connectivity index (χ3v) is 3.97. The summed E-state index contributed by atoms with van der Waals surface area (Å²) in [6.45, 7) is 4.60. The quantitative estimate of drug-likeness (QED) is 0.714. The molecule has 0 aliphatic heterocycles. The summed E-state index contributed by atoms with van der Waals surface area (Å²) in [6.07, 6.45) is 2.17. The van der Waals surface area contributed by atoms with Gasteiger partial charge in [-0.1, -0.05) is 20.3 Å². The van der Waals surface area contributed by atoms with Gasteiger partial charge in [-0.25, -0.2) is 12.7 Å². The Bertz CT molecular complexity index is 237. The second kappa shape index (κ2) is 5.22. The van der Waals surface area contributed by atoms with Crippen LogP contribution >= 0.6 is 12.6 Å². The van der Waals surface area contributed by atoms with Crippen molar-refractivity contribution in [3.8, 4) is 0 Å². The van der Waals surface area contributed by atoms with Gasteiger partial charge < -0.3 is 0 Å². The molecule has 0 heterocycles. The molecule has 3 nitrogen and oxygen atoms in total. The second-order valence-electron chi connectivity index (χ2n) is 3.45. The summed E-state index contributed by atoms with van der Waals surface area (Å²) in [5, 5.41) is 0.231. The van der Waals surface area contributed by atoms with E-state index in [1.807, 2.05) is 13.8 Å². The molecule has 0 N–H and O–H groups in total. The number of thiol groups is 1. The van der Waals surface area contributed by atoms with Crippen molar-refractivity contribution in [2.45, 2.75) is 25.5 Å². The van der Waals surface area contributed by atoms with Crippen LogP contribution in [-0.4, -0.2) is 37.8 Å². The maximum absolute atomic E-state index is 11.1. The third-order valence-electron chi connectivity index (χ3n) is 2.26. The number of rotatable bonds is 5. The summed E-state index contributed by atoms with van der Waals surface area (Å²) in [4.78, 5) is 0. The van der Waals surface area contributed by atoms with Crippen LogP contribution in [0.3, 0.4) is 0 Å². The minimum absolute atomic E-state index is 0.231. The Labute approximate surface area is 87.0 Å². The number of sulfonamides is 1. The summed E-state index contributed by atoms with van der Waals surface area (Å²) in [5.41, 5.74) is 0. The smallest absolute Gasteiger partial charge is 0.210 e. The van der Waals surface area contributed by atoms with Crippen LogP contribution in [0.1, 0.15) is 20.3 Å². The lowest BCUT2D eigenvalue weighted by atomic mass is 10.0. The van der Waals surface area contributed by atoms with Gasteiger partial charge in [0.05, 0.1) is 6.26 Å². The lowest BCUT2D eigenvalue weighted by molar-refractivity contribution is 0.375. The predicted molar refractivity (Wildman–Crippen MR) is 59.7 cm³/mol. The van der Waals surface area contributed by atoms with Crippen molar-refractivity contribution in [2.24, 2.45) is 5.92 Å². The minimum atomic E-state index is -3.04. The zero-order valence-corrected chi connectivity index (χ0v) is 10.4. The zero-order valence-electron chi connectivity index (χ0n) is 8.69. The molecule has 13 heavy (non-hydrogen) atoms. The molecular weight excluding hydrogens is 206 g/mol. The van der Waals surface area contributed by atoms with Crippen molar-refractivity contribution in [1.29, 1.82) is 0 Å². The van der Waals surface area contributed by atoms with Crippen molar-refractivity contribution >= 4 is 22.7 Å². The Morgan fingerprint density at radius 2 is 1.92 bits per heavy atom. The van der Waals surface area contributed by atoms with Crippen LogP contribution in [0.15, 0.2) is 0 Å². The summed E-state index contributed by atoms with van der Waals surface area (Å²) in [7, 11) is -1.44. The van der Waals surface area contributed by atoms with E-state index in [0.717, 1.165) is 6.42 Å². The SMILES string of the molecule is CCC(CN(C)S(C)(=O)=O)C(C)S. The molecule has 0 aromatic heterocycles. The van der Waals surface area contributed by atoms with Crippen LogP contribution in [-0.2, 0) is 10.0 Å². The molecule has 0 radical (unpaired) electrons. The van der Waals surface area contributed by atoms with Gasteiger partial charge >= 0.3 is 0 Å². The van der Waals surface area contributed by atoms with Crippen molar-refractivity contribution in [1.82, 2.24) is 4.31 Å². The summed E-state index contributed by atoms with van der Waals surface area (Å²) < 4.78 is 23.6. The van der Waals surface area contributed by atoms with Gasteiger partial charge in [-0.15, -0.1) is 0 Å². The number of hydrogen-bond donors (Lipinski definition) is 1. The van der Waals surface area contributed by atoms with Crippen molar-refractivity contribution in [3.63, 3.8) is 0 Å². The first-order valence-corrected chi connectivity index (χ1v) is 6.74. The summed E-state index contributed by atoms with van der Waals surface area (Å²) in [5.74, 6) is 0.322. The Balaban J connectivity index is 4.26. The summed E-state index contributed by atoms with van der Waals surface area (Å²) >= 11 is 4.32. The van der Waals surface area contributed by atoms with Crippen LogP contribution in [0.5, 0.6) is 0 Å². The van der Waals surface area contributed by atoms with E-state index in [0.29, 0.717) is 12.5 Å². The predicted octanol–water partition coefficient (Wildman–Crippen LogP) is 1.22. The topological polar surface area (TPSA) is 37.4 Å². The van der Waals surface area contributed by atoms with E-state index in [1.54, 1.807) is 7.05 Å². The molecule has 0 aromatic carbocycles. The van der Waals surface area contributed by atoms with E-state index in [4.69, 9.17) is 0 Å². The Hall–Kier alpha value is 0.260. The molecule has 0 aromatic rings. The van der Waals surface area contributed by atoms with Gasteiger partial charge in [0.2, 0.25) is 10.0 Å². The van der Waals surface area contributed by atoms with Crippen molar-refractivity contribution < 1.29 is 8.42 Å². The van der Waals surface area contributed by atoms with Gasteiger partial charge in [-0.05, 0) is 5.92 Å². The average molecular weight is 225 g/mol. The van der Waals surface area contributed by atoms with Crippen LogP contribution < -0.4 is 0 Å². The maximum Gasteiger partial charge on any atom is 0.210 e. The molecule has 2 atom stereocenters. The number of hydrogen-bond acceptors (Lipinski definition) is 3. The Kier molecular flexibility index (Phi) is 5.32. The fraction of sp³-hybridized carbons (Fsp3) is 1.00. The molecule has 0 aliphatic rings. The van der Waals surface area contributed by atoms with Crippen LogP contribution in [0.25, 0.3) is 0 Å². The molecule has 2 unspecified atom stereocenters. The van der Waals surface area contributed by atoms with E-state index in [1.165, 1.54) is 10.6 Å². The fourth-order valence-electron chi connectivity index (χ4n) is 1.09. The normalized spacial score (nSPS) is 17.4. The number of nitrogens with zero attached hydrogens (tertiary/aromatic N) is 1. The first-order chi connectivity index (χ1) is 5.79. The zero-order chi connectivity index (χ0) is 10.6. The van der Waals surface area contributed by atoms with Crippen molar-refractivity contribution in [3.05, 3.63) is 0 Å². The molecule has 0 aliphatic carbocycles. The highest BCUT2D eigenvalue weighted by molar-refractivity contribution is 7.88. The van der Waals surface area contributed by atoms with E-state index >= 15 is 0 Å². The van der Waals surface area contributed by atoms with Crippen LogP contribution in [0.4, 0.5) is 0 Å². The molecule has 0 bridgehead atoms. The monoisotopic (exact) mass is 225 g/mol. The molecule has 0 spiro atoms. The molecule has 0 saturated heterocycles. The molecule has 0 rings (SSSR count). The molecule has 80 valence electrons. The average Bonchev–Trinajstić information content (AvgIpc) is 1.96. The summed E-state index contributed by atoms with van der Waals surface area (Å²) in [6, 6.07) is 0. The van der Waals surface area contributed by atoms with Crippen LogP contribution in [0, 0.1) is 5.92 Å². The minimum Gasteiger partial charge on any atom is -0.213 e. The molecule has 5 heteroatoms.